The summed E-state index contributed by atoms with van der Waals surface area (Å²) >= 11 is 0. The number of benzene rings is 3. The fourth-order valence-corrected chi connectivity index (χ4v) is 4.12. The Morgan fingerprint density at radius 1 is 1.00 bits per heavy atom. The van der Waals surface area contributed by atoms with E-state index in [-0.39, 0.29) is 11.7 Å². The second-order valence-corrected chi connectivity index (χ2v) is 8.76. The van der Waals surface area contributed by atoms with Gasteiger partial charge in [0, 0.05) is 43.9 Å². The molecule has 1 aliphatic rings. The maximum absolute atomic E-state index is 14.1. The number of carbonyl (C=O) groups is 1. The maximum atomic E-state index is 14.1. The molecule has 182 valence electrons. The Bertz CT molecular complexity index is 1200. The molecule has 0 bridgehead atoms. The summed E-state index contributed by atoms with van der Waals surface area (Å²) in [6.45, 7) is 7.42. The molecule has 7 heteroatoms. The lowest BCUT2D eigenvalue weighted by Crippen LogP contribution is -2.53. The number of nitrogens with zero attached hydrogens (tertiary/aromatic N) is 3. The molecule has 3 aromatic rings. The lowest BCUT2D eigenvalue weighted by molar-refractivity contribution is 0.0967. The second kappa shape index (κ2) is 11.1. The van der Waals surface area contributed by atoms with E-state index >= 15 is 0 Å². The summed E-state index contributed by atoms with van der Waals surface area (Å²) in [6, 6.07) is 19.9. The van der Waals surface area contributed by atoms with Gasteiger partial charge >= 0.3 is 0 Å². The first-order valence-electron chi connectivity index (χ1n) is 11.7. The first-order valence-corrected chi connectivity index (χ1v) is 11.7. The third-order valence-corrected chi connectivity index (χ3v) is 6.18. The zero-order valence-electron chi connectivity index (χ0n) is 20.4. The molecule has 1 amide bonds. The Balaban J connectivity index is 1.52. The highest BCUT2D eigenvalue weighted by molar-refractivity contribution is 6.06. The Morgan fingerprint density at radius 3 is 2.37 bits per heavy atom. The zero-order chi connectivity index (χ0) is 24.8. The second-order valence-electron chi connectivity index (χ2n) is 8.76. The quantitative estimate of drug-likeness (QED) is 0.431. The average molecular weight is 475 g/mol. The van der Waals surface area contributed by atoms with Crippen LogP contribution in [-0.2, 0) is 6.54 Å². The van der Waals surface area contributed by atoms with E-state index in [9.17, 15) is 9.18 Å². The number of guanidine groups is 1. The van der Waals surface area contributed by atoms with E-state index in [2.05, 4.69) is 21.2 Å². The number of nitrogens with one attached hydrogen (secondary N) is 1. The molecule has 1 fully saturated rings. The van der Waals surface area contributed by atoms with Crippen molar-refractivity contribution < 1.29 is 13.9 Å². The summed E-state index contributed by atoms with van der Waals surface area (Å²) in [5, 5.41) is 3.02. The number of rotatable bonds is 5. The summed E-state index contributed by atoms with van der Waals surface area (Å²) in [5.41, 5.74) is 4.23. The Morgan fingerprint density at radius 2 is 1.71 bits per heavy atom. The lowest BCUT2D eigenvalue weighted by Gasteiger charge is -2.36. The fraction of sp³-hybridized carbons (Fsp3) is 0.286. The Hall–Kier alpha value is -3.71. The van der Waals surface area contributed by atoms with Crippen LogP contribution in [0.15, 0.2) is 71.7 Å². The van der Waals surface area contributed by atoms with Crippen LogP contribution in [-0.4, -0.2) is 55.0 Å². The third-order valence-electron chi connectivity index (χ3n) is 6.18. The van der Waals surface area contributed by atoms with Crippen LogP contribution >= 0.6 is 0 Å². The highest BCUT2D eigenvalue weighted by Crippen LogP contribution is 2.21. The van der Waals surface area contributed by atoms with E-state index in [1.165, 1.54) is 6.07 Å². The molecular weight excluding hydrogens is 443 g/mol. The molecule has 4 rings (SSSR count). The van der Waals surface area contributed by atoms with Crippen LogP contribution in [0, 0.1) is 19.7 Å². The lowest BCUT2D eigenvalue weighted by atomic mass is 10.1. The predicted octanol–water partition coefficient (Wildman–Crippen LogP) is 4.69. The number of aryl methyl sites for hydroxylation is 2. The molecule has 1 saturated heterocycles. The van der Waals surface area contributed by atoms with E-state index in [0.717, 1.165) is 29.9 Å². The molecule has 3 aromatic carbocycles. The number of halogens is 1. The van der Waals surface area contributed by atoms with Crippen LogP contribution < -0.4 is 10.1 Å². The molecule has 1 aliphatic heterocycles. The van der Waals surface area contributed by atoms with Crippen LogP contribution in [0.2, 0.25) is 0 Å². The van der Waals surface area contributed by atoms with Crippen LogP contribution in [0.25, 0.3) is 0 Å². The van der Waals surface area contributed by atoms with E-state index in [4.69, 9.17) is 9.73 Å². The first-order chi connectivity index (χ1) is 16.9. The number of hydrogen-bond acceptors (Lipinski definition) is 4. The smallest absolute Gasteiger partial charge is 0.257 e. The van der Waals surface area contributed by atoms with Crippen molar-refractivity contribution in [2.45, 2.75) is 20.4 Å². The van der Waals surface area contributed by atoms with Crippen LogP contribution in [0.1, 0.15) is 27.0 Å². The van der Waals surface area contributed by atoms with Crippen molar-refractivity contribution in [2.24, 2.45) is 4.99 Å². The number of carbonyl (C=O) groups excluding carboxylic acids is 1. The molecule has 35 heavy (non-hydrogen) atoms. The van der Waals surface area contributed by atoms with Gasteiger partial charge in [-0.05, 0) is 55.8 Å². The Kier molecular flexibility index (Phi) is 7.77. The van der Waals surface area contributed by atoms with Gasteiger partial charge in [0.25, 0.3) is 5.91 Å². The fourth-order valence-electron chi connectivity index (χ4n) is 4.12. The van der Waals surface area contributed by atoms with Crippen molar-refractivity contribution in [3.05, 3.63) is 94.8 Å². The molecule has 1 N–H and O–H groups in total. The summed E-state index contributed by atoms with van der Waals surface area (Å²) in [6.07, 6.45) is 0. The molecule has 0 aliphatic carbocycles. The van der Waals surface area contributed by atoms with E-state index in [1.54, 1.807) is 37.4 Å². The maximum Gasteiger partial charge on any atom is 0.257 e. The topological polar surface area (TPSA) is 57.2 Å². The number of aliphatic imine (C=N–C) groups is 1. The van der Waals surface area contributed by atoms with Gasteiger partial charge in [-0.3, -0.25) is 15.0 Å². The molecule has 0 saturated carbocycles. The van der Waals surface area contributed by atoms with Gasteiger partial charge in [-0.15, -0.1) is 0 Å². The summed E-state index contributed by atoms with van der Waals surface area (Å²) in [4.78, 5) is 22.2. The van der Waals surface area contributed by atoms with Gasteiger partial charge in [0.15, 0.2) is 0 Å². The number of amides is 1. The molecule has 1 heterocycles. The number of methoxy groups -OCH3 is 1. The van der Waals surface area contributed by atoms with Gasteiger partial charge < -0.3 is 9.64 Å². The standard InChI is InChI=1S/C28H31FN4O2/c1-20-8-13-26(21(2)18-20)30-28(31-27(34)22-9-11-24(35-3)12-10-22)33-16-14-32(15-17-33)19-23-6-4-5-7-25(23)29/h4-13,18H,14-17,19H2,1-3H3,(H,30,31,34). The summed E-state index contributed by atoms with van der Waals surface area (Å²) in [5.74, 6) is 0.795. The van der Waals surface area contributed by atoms with E-state index < -0.39 is 0 Å². The highest BCUT2D eigenvalue weighted by atomic mass is 19.1. The number of hydrogen-bond donors (Lipinski definition) is 1. The third kappa shape index (κ3) is 6.25. The van der Waals surface area contributed by atoms with Gasteiger partial charge in [-0.2, -0.15) is 0 Å². The van der Waals surface area contributed by atoms with Gasteiger partial charge in [-0.1, -0.05) is 35.9 Å². The minimum absolute atomic E-state index is 0.182. The van der Waals surface area contributed by atoms with Crippen LogP contribution in [0.5, 0.6) is 5.75 Å². The van der Waals surface area contributed by atoms with Crippen LogP contribution in [0.4, 0.5) is 10.1 Å². The molecule has 0 spiro atoms. The molecule has 6 nitrogen and oxygen atoms in total. The number of piperazine rings is 1. The van der Waals surface area contributed by atoms with Crippen molar-refractivity contribution in [1.29, 1.82) is 0 Å². The van der Waals surface area contributed by atoms with Crippen LogP contribution in [0.3, 0.4) is 0 Å². The summed E-state index contributed by atoms with van der Waals surface area (Å²) < 4.78 is 19.3. The zero-order valence-corrected chi connectivity index (χ0v) is 20.4. The van der Waals surface area contributed by atoms with Gasteiger partial charge in [0.05, 0.1) is 12.8 Å². The predicted molar refractivity (Wildman–Crippen MR) is 137 cm³/mol. The van der Waals surface area contributed by atoms with Crippen molar-refractivity contribution in [2.75, 3.05) is 33.3 Å². The monoisotopic (exact) mass is 474 g/mol. The van der Waals surface area contributed by atoms with E-state index in [0.29, 0.717) is 42.5 Å². The minimum atomic E-state index is -0.232. The van der Waals surface area contributed by atoms with Gasteiger partial charge in [-0.25, -0.2) is 9.38 Å². The molecule has 0 radical (unpaired) electrons. The van der Waals surface area contributed by atoms with Crippen molar-refractivity contribution >= 4 is 17.6 Å². The van der Waals surface area contributed by atoms with E-state index in [1.807, 2.05) is 38.1 Å². The molecule has 0 unspecified atom stereocenters. The first kappa shape index (κ1) is 24.4. The van der Waals surface area contributed by atoms with Crippen molar-refractivity contribution in [1.82, 2.24) is 15.1 Å². The molecule has 0 aromatic heterocycles. The summed E-state index contributed by atoms with van der Waals surface area (Å²) in [7, 11) is 1.59. The van der Waals surface area contributed by atoms with Gasteiger partial charge in [0.2, 0.25) is 5.96 Å². The molecular formula is C28H31FN4O2. The van der Waals surface area contributed by atoms with Crippen molar-refractivity contribution in [3.8, 4) is 5.75 Å². The number of ether oxygens (including phenoxy) is 1. The highest BCUT2D eigenvalue weighted by Gasteiger charge is 2.23. The average Bonchev–Trinajstić information content (AvgIpc) is 2.87. The normalized spacial score (nSPS) is 14.6. The minimum Gasteiger partial charge on any atom is -0.497 e. The molecule has 0 atom stereocenters. The SMILES string of the molecule is COc1ccc(C(=O)NC(=Nc2ccc(C)cc2C)N2CCN(Cc3ccccc3F)CC2)cc1. The Labute approximate surface area is 206 Å². The van der Waals surface area contributed by atoms with Gasteiger partial charge in [0.1, 0.15) is 11.6 Å². The van der Waals surface area contributed by atoms with Crippen molar-refractivity contribution in [3.63, 3.8) is 0 Å². The largest absolute Gasteiger partial charge is 0.497 e.